The molecule has 5 rings (SSSR count). The molecule has 152 valence electrons. The Morgan fingerprint density at radius 2 is 1.61 bits per heavy atom. The summed E-state index contributed by atoms with van der Waals surface area (Å²) in [4.78, 5) is 13.1. The predicted octanol–water partition coefficient (Wildman–Crippen LogP) is 5.50. The van der Waals surface area contributed by atoms with Crippen molar-refractivity contribution >= 4 is 23.1 Å². The minimum atomic E-state index is -0.197. The second-order valence-corrected chi connectivity index (χ2v) is 7.60. The number of para-hydroxylation sites is 1. The fourth-order valence-corrected chi connectivity index (χ4v) is 3.77. The molecule has 1 atom stereocenters. The predicted molar refractivity (Wildman–Crippen MR) is 124 cm³/mol. The highest BCUT2D eigenvalue weighted by atomic mass is 16.1. The van der Waals surface area contributed by atoms with Gasteiger partial charge < -0.3 is 10.6 Å². The van der Waals surface area contributed by atoms with Crippen molar-refractivity contribution in [3.63, 3.8) is 0 Å². The number of aryl methyl sites for hydroxylation is 1. The monoisotopic (exact) mass is 406 g/mol. The molecule has 1 aliphatic rings. The van der Waals surface area contributed by atoms with Crippen molar-refractivity contribution in [3.05, 3.63) is 119 Å². The molecule has 2 heterocycles. The molecule has 0 spiro atoms. The number of anilines is 2. The van der Waals surface area contributed by atoms with Crippen molar-refractivity contribution in [1.29, 1.82) is 0 Å². The molecule has 0 saturated carbocycles. The Balaban J connectivity index is 1.56. The largest absolute Gasteiger partial charge is 0.339 e. The Morgan fingerprint density at radius 3 is 2.32 bits per heavy atom. The molecule has 0 radical (unpaired) electrons. The van der Waals surface area contributed by atoms with Gasteiger partial charge in [0.05, 0.1) is 12.2 Å². The number of benzene rings is 3. The molecule has 1 aliphatic heterocycles. The lowest BCUT2D eigenvalue weighted by molar-refractivity contribution is 0.102. The van der Waals surface area contributed by atoms with E-state index in [-0.39, 0.29) is 11.9 Å². The standard InChI is InChI=1S/C26H22N4O/c1-18-12-14-20(15-13-18)24-16-23(19-8-4-2-5-9-19)29-25-22(17-27-30(24)25)26(31)28-21-10-6-3-7-11-21/h2-17,24,29H,1H3,(H,28,31). The Bertz CT molecular complexity index is 1240. The second-order valence-electron chi connectivity index (χ2n) is 7.60. The van der Waals surface area contributed by atoms with Crippen LogP contribution in [-0.2, 0) is 0 Å². The molecule has 4 aromatic rings. The smallest absolute Gasteiger partial charge is 0.261 e. The molecule has 0 aliphatic carbocycles. The van der Waals surface area contributed by atoms with Gasteiger partial charge in [-0.1, -0.05) is 78.4 Å². The van der Waals surface area contributed by atoms with Crippen molar-refractivity contribution in [2.24, 2.45) is 0 Å². The molecule has 5 heteroatoms. The fraction of sp³-hybridized carbons (Fsp3) is 0.0769. The van der Waals surface area contributed by atoms with Crippen LogP contribution >= 0.6 is 0 Å². The van der Waals surface area contributed by atoms with Gasteiger partial charge in [-0.25, -0.2) is 4.68 Å². The summed E-state index contributed by atoms with van der Waals surface area (Å²) in [5.74, 6) is 0.484. The number of allylic oxidation sites excluding steroid dienone is 1. The summed E-state index contributed by atoms with van der Waals surface area (Å²) in [6.45, 7) is 2.07. The summed E-state index contributed by atoms with van der Waals surface area (Å²) in [6, 6.07) is 27.9. The highest BCUT2D eigenvalue weighted by Gasteiger charge is 2.27. The molecule has 3 aromatic carbocycles. The number of carbonyl (C=O) groups is 1. The Labute approximate surface area is 181 Å². The number of amides is 1. The van der Waals surface area contributed by atoms with Crippen LogP contribution in [0.15, 0.2) is 97.2 Å². The number of aromatic nitrogens is 2. The van der Waals surface area contributed by atoms with Crippen LogP contribution in [0.5, 0.6) is 0 Å². The van der Waals surface area contributed by atoms with E-state index in [1.54, 1.807) is 6.20 Å². The lowest BCUT2D eigenvalue weighted by atomic mass is 10.00. The van der Waals surface area contributed by atoms with E-state index >= 15 is 0 Å². The topological polar surface area (TPSA) is 59.0 Å². The van der Waals surface area contributed by atoms with E-state index in [4.69, 9.17) is 0 Å². The van der Waals surface area contributed by atoms with Gasteiger partial charge in [0.25, 0.3) is 5.91 Å². The van der Waals surface area contributed by atoms with Gasteiger partial charge in [-0.05, 0) is 36.3 Å². The number of hydrogen-bond donors (Lipinski definition) is 2. The molecule has 0 fully saturated rings. The van der Waals surface area contributed by atoms with E-state index in [0.717, 1.165) is 22.5 Å². The van der Waals surface area contributed by atoms with E-state index in [1.165, 1.54) is 5.56 Å². The van der Waals surface area contributed by atoms with Crippen molar-refractivity contribution in [2.75, 3.05) is 10.6 Å². The fourth-order valence-electron chi connectivity index (χ4n) is 3.77. The summed E-state index contributed by atoms with van der Waals surface area (Å²) in [5, 5.41) is 11.0. The quantitative estimate of drug-likeness (QED) is 0.470. The molecule has 0 saturated heterocycles. The first-order chi connectivity index (χ1) is 15.2. The summed E-state index contributed by atoms with van der Waals surface area (Å²) < 4.78 is 1.87. The highest BCUT2D eigenvalue weighted by molar-refractivity contribution is 6.08. The van der Waals surface area contributed by atoms with E-state index in [2.05, 4.69) is 65.1 Å². The van der Waals surface area contributed by atoms with Gasteiger partial charge in [0.15, 0.2) is 0 Å². The third-order valence-electron chi connectivity index (χ3n) is 5.42. The average molecular weight is 406 g/mol. The normalized spacial score (nSPS) is 14.9. The highest BCUT2D eigenvalue weighted by Crippen LogP contribution is 2.35. The van der Waals surface area contributed by atoms with Crippen LogP contribution < -0.4 is 10.6 Å². The molecule has 31 heavy (non-hydrogen) atoms. The van der Waals surface area contributed by atoms with Gasteiger partial charge in [0.2, 0.25) is 0 Å². The molecule has 1 aromatic heterocycles. The van der Waals surface area contributed by atoms with E-state index in [0.29, 0.717) is 11.4 Å². The Kier molecular flexibility index (Phi) is 4.84. The van der Waals surface area contributed by atoms with Crippen LogP contribution in [-0.4, -0.2) is 15.7 Å². The molecule has 2 N–H and O–H groups in total. The van der Waals surface area contributed by atoms with Crippen LogP contribution in [0.25, 0.3) is 5.70 Å². The van der Waals surface area contributed by atoms with Crippen molar-refractivity contribution in [3.8, 4) is 0 Å². The van der Waals surface area contributed by atoms with Gasteiger partial charge in [0.1, 0.15) is 11.4 Å². The van der Waals surface area contributed by atoms with Crippen LogP contribution in [0.1, 0.15) is 33.1 Å². The second kappa shape index (κ2) is 7.95. The molecular formula is C26H22N4O. The molecule has 0 bridgehead atoms. The van der Waals surface area contributed by atoms with Gasteiger partial charge in [-0.15, -0.1) is 0 Å². The Morgan fingerprint density at radius 1 is 0.935 bits per heavy atom. The minimum absolute atomic E-state index is 0.120. The lowest BCUT2D eigenvalue weighted by Gasteiger charge is -2.26. The van der Waals surface area contributed by atoms with Gasteiger partial charge in [0, 0.05) is 11.4 Å². The number of hydrogen-bond acceptors (Lipinski definition) is 3. The first kappa shape index (κ1) is 18.9. The van der Waals surface area contributed by atoms with Crippen LogP contribution in [0, 0.1) is 6.92 Å². The van der Waals surface area contributed by atoms with Crippen molar-refractivity contribution in [2.45, 2.75) is 13.0 Å². The zero-order chi connectivity index (χ0) is 21.2. The average Bonchev–Trinajstić information content (AvgIpc) is 3.24. The van der Waals surface area contributed by atoms with Gasteiger partial charge in [-0.3, -0.25) is 4.79 Å². The number of rotatable bonds is 4. The number of fused-ring (bicyclic) bond motifs is 1. The van der Waals surface area contributed by atoms with Gasteiger partial charge >= 0.3 is 0 Å². The summed E-state index contributed by atoms with van der Waals surface area (Å²) >= 11 is 0. The van der Waals surface area contributed by atoms with E-state index in [9.17, 15) is 4.79 Å². The maximum atomic E-state index is 13.1. The molecule has 1 amide bonds. The minimum Gasteiger partial charge on any atom is -0.339 e. The van der Waals surface area contributed by atoms with Crippen molar-refractivity contribution in [1.82, 2.24) is 9.78 Å². The van der Waals surface area contributed by atoms with Crippen LogP contribution in [0.4, 0.5) is 11.5 Å². The number of carbonyl (C=O) groups excluding carboxylic acids is 1. The zero-order valence-electron chi connectivity index (χ0n) is 17.1. The SMILES string of the molecule is Cc1ccc(C2C=C(c3ccccc3)Nc3c(C(=O)Nc4ccccc4)cnn32)cc1. The first-order valence-electron chi connectivity index (χ1n) is 10.2. The van der Waals surface area contributed by atoms with E-state index in [1.807, 2.05) is 53.2 Å². The third kappa shape index (κ3) is 3.73. The molecular weight excluding hydrogens is 384 g/mol. The first-order valence-corrected chi connectivity index (χ1v) is 10.2. The van der Waals surface area contributed by atoms with Gasteiger partial charge in [-0.2, -0.15) is 5.10 Å². The Hall–Kier alpha value is -4.12. The zero-order valence-corrected chi connectivity index (χ0v) is 17.1. The number of nitrogens with zero attached hydrogens (tertiary/aromatic N) is 2. The maximum absolute atomic E-state index is 13.1. The molecule has 1 unspecified atom stereocenters. The summed E-state index contributed by atoms with van der Waals surface area (Å²) in [6.07, 6.45) is 3.78. The van der Waals surface area contributed by atoms with Crippen LogP contribution in [0.2, 0.25) is 0 Å². The third-order valence-corrected chi connectivity index (χ3v) is 5.42. The maximum Gasteiger partial charge on any atom is 0.261 e. The van der Waals surface area contributed by atoms with Crippen molar-refractivity contribution < 1.29 is 4.79 Å². The van der Waals surface area contributed by atoms with E-state index < -0.39 is 0 Å². The summed E-state index contributed by atoms with van der Waals surface area (Å²) in [5.41, 5.74) is 5.57. The summed E-state index contributed by atoms with van der Waals surface area (Å²) in [7, 11) is 0. The number of nitrogens with one attached hydrogen (secondary N) is 2. The van der Waals surface area contributed by atoms with Crippen LogP contribution in [0.3, 0.4) is 0 Å². The lowest BCUT2D eigenvalue weighted by Crippen LogP contribution is -2.22. The molecule has 5 nitrogen and oxygen atoms in total.